The van der Waals surface area contributed by atoms with Crippen LogP contribution in [0, 0.1) is 5.41 Å². The van der Waals surface area contributed by atoms with Crippen LogP contribution >= 0.6 is 0 Å². The first kappa shape index (κ1) is 22.5. The third-order valence-corrected chi connectivity index (χ3v) is 7.11. The Morgan fingerprint density at radius 2 is 1.70 bits per heavy atom. The smallest absolute Gasteiger partial charge is 0.396 e. The Morgan fingerprint density at radius 3 is 2.30 bits per heavy atom. The minimum atomic E-state index is -4.43. The first-order valence-electron chi connectivity index (χ1n) is 9.64. The molecule has 0 atom stereocenters. The second kappa shape index (κ2) is 8.91. The predicted molar refractivity (Wildman–Crippen MR) is 110 cm³/mol. The molecule has 2 aromatic rings. The third kappa shape index (κ3) is 5.50. The molecule has 30 heavy (non-hydrogen) atoms. The minimum absolute atomic E-state index is 0.209. The van der Waals surface area contributed by atoms with Crippen LogP contribution in [0.25, 0.3) is 6.08 Å². The highest BCUT2D eigenvalue weighted by molar-refractivity contribution is 7.92. The first-order chi connectivity index (χ1) is 14.1. The molecule has 4 nitrogen and oxygen atoms in total. The van der Waals surface area contributed by atoms with E-state index in [1.54, 1.807) is 18.2 Å². The third-order valence-electron chi connectivity index (χ3n) is 5.54. The van der Waals surface area contributed by atoms with Gasteiger partial charge in [-0.25, -0.2) is 8.42 Å². The number of piperidine rings is 1. The summed E-state index contributed by atoms with van der Waals surface area (Å²) < 4.78 is 65.5. The molecule has 2 aromatic carbocycles. The average Bonchev–Trinajstić information content (AvgIpc) is 2.73. The highest BCUT2D eigenvalue weighted by Gasteiger charge is 2.38. The quantitative estimate of drug-likeness (QED) is 0.729. The van der Waals surface area contributed by atoms with E-state index in [-0.39, 0.29) is 26.1 Å². The number of hydrogen-bond acceptors (Lipinski definition) is 3. The van der Waals surface area contributed by atoms with Crippen molar-refractivity contribution in [2.45, 2.75) is 25.4 Å². The van der Waals surface area contributed by atoms with Crippen molar-refractivity contribution in [3.63, 3.8) is 0 Å². The molecule has 0 aliphatic carbocycles. The number of alkyl halides is 3. The molecule has 0 bridgehead atoms. The summed E-state index contributed by atoms with van der Waals surface area (Å²) in [5.74, 6) is 0. The molecule has 1 heterocycles. The summed E-state index contributed by atoms with van der Waals surface area (Å²) in [4.78, 5) is 0. The van der Waals surface area contributed by atoms with E-state index in [9.17, 15) is 26.7 Å². The van der Waals surface area contributed by atoms with E-state index >= 15 is 0 Å². The topological polar surface area (TPSA) is 57.6 Å². The standard InChI is InChI=1S/C22H24F3NO3S/c23-22(24,25)20-8-4-7-19(15-20)16-21(17-27)10-12-26(13-11-21)30(28,29)14-9-18-5-2-1-3-6-18/h1-9,14-15,27H,10-13,16-17H2/b14-9+. The fourth-order valence-electron chi connectivity index (χ4n) is 3.71. The number of aliphatic hydroxyl groups is 1. The van der Waals surface area contributed by atoms with E-state index in [0.717, 1.165) is 17.7 Å². The molecule has 3 rings (SSSR count). The van der Waals surface area contributed by atoms with Gasteiger partial charge in [-0.3, -0.25) is 0 Å². The summed E-state index contributed by atoms with van der Waals surface area (Å²) >= 11 is 0. The second-order valence-corrected chi connectivity index (χ2v) is 9.51. The molecule has 1 N–H and O–H groups in total. The molecule has 1 fully saturated rings. The Morgan fingerprint density at radius 1 is 1.03 bits per heavy atom. The molecule has 1 saturated heterocycles. The van der Waals surface area contributed by atoms with Crippen molar-refractivity contribution in [3.05, 3.63) is 76.7 Å². The van der Waals surface area contributed by atoms with Crippen molar-refractivity contribution in [3.8, 4) is 0 Å². The number of hydrogen-bond donors (Lipinski definition) is 1. The zero-order valence-corrected chi connectivity index (χ0v) is 17.2. The average molecular weight is 439 g/mol. The van der Waals surface area contributed by atoms with Crippen molar-refractivity contribution in [1.82, 2.24) is 4.31 Å². The summed E-state index contributed by atoms with van der Waals surface area (Å²) in [5.41, 5.74) is -0.106. The lowest BCUT2D eigenvalue weighted by atomic mass is 9.75. The largest absolute Gasteiger partial charge is 0.416 e. The van der Waals surface area contributed by atoms with E-state index in [1.165, 1.54) is 21.9 Å². The zero-order valence-electron chi connectivity index (χ0n) is 16.3. The van der Waals surface area contributed by atoms with E-state index in [2.05, 4.69) is 0 Å². The number of rotatable bonds is 6. The van der Waals surface area contributed by atoms with Gasteiger partial charge in [0.15, 0.2) is 0 Å². The van der Waals surface area contributed by atoms with E-state index < -0.39 is 27.2 Å². The Kier molecular flexibility index (Phi) is 6.69. The van der Waals surface area contributed by atoms with Crippen molar-refractivity contribution < 1.29 is 26.7 Å². The Hall–Kier alpha value is -2.16. The second-order valence-electron chi connectivity index (χ2n) is 7.69. The molecule has 0 radical (unpaired) electrons. The van der Waals surface area contributed by atoms with Gasteiger partial charge < -0.3 is 5.11 Å². The van der Waals surface area contributed by atoms with Gasteiger partial charge >= 0.3 is 6.18 Å². The molecule has 0 aromatic heterocycles. The maximum Gasteiger partial charge on any atom is 0.416 e. The fourth-order valence-corrected chi connectivity index (χ4v) is 4.90. The van der Waals surface area contributed by atoms with Gasteiger partial charge in [-0.2, -0.15) is 17.5 Å². The molecule has 1 aliphatic rings. The summed E-state index contributed by atoms with van der Waals surface area (Å²) in [7, 11) is -3.62. The van der Waals surface area contributed by atoms with Crippen LogP contribution in [0.5, 0.6) is 0 Å². The van der Waals surface area contributed by atoms with Crippen molar-refractivity contribution in [1.29, 1.82) is 0 Å². The van der Waals surface area contributed by atoms with Gasteiger partial charge in [-0.1, -0.05) is 48.5 Å². The monoisotopic (exact) mass is 439 g/mol. The molecule has 1 aliphatic heterocycles. The number of nitrogens with zero attached hydrogens (tertiary/aromatic N) is 1. The lowest BCUT2D eigenvalue weighted by Gasteiger charge is -2.40. The van der Waals surface area contributed by atoms with Crippen LogP contribution in [0.3, 0.4) is 0 Å². The van der Waals surface area contributed by atoms with Gasteiger partial charge in [0.05, 0.1) is 5.56 Å². The van der Waals surface area contributed by atoms with Crippen LogP contribution in [0.4, 0.5) is 13.2 Å². The maximum atomic E-state index is 13.0. The van der Waals surface area contributed by atoms with Gasteiger partial charge in [0.25, 0.3) is 0 Å². The maximum absolute atomic E-state index is 13.0. The predicted octanol–water partition coefficient (Wildman–Crippen LogP) is 4.32. The zero-order chi connectivity index (χ0) is 21.8. The molecule has 162 valence electrons. The molecule has 0 amide bonds. The fraction of sp³-hybridized carbons (Fsp3) is 0.364. The van der Waals surface area contributed by atoms with Crippen LogP contribution < -0.4 is 0 Å². The van der Waals surface area contributed by atoms with Crippen molar-refractivity contribution >= 4 is 16.1 Å². The normalized spacial score (nSPS) is 18.0. The highest BCUT2D eigenvalue weighted by Crippen LogP contribution is 2.37. The van der Waals surface area contributed by atoms with E-state index in [1.807, 2.05) is 18.2 Å². The Balaban J connectivity index is 1.68. The number of halogens is 3. The first-order valence-corrected chi connectivity index (χ1v) is 11.1. The van der Waals surface area contributed by atoms with Gasteiger partial charge in [0.2, 0.25) is 10.0 Å². The van der Waals surface area contributed by atoms with Crippen LogP contribution in [-0.2, 0) is 22.6 Å². The molecule has 0 saturated carbocycles. The van der Waals surface area contributed by atoms with E-state index in [4.69, 9.17) is 0 Å². The highest BCUT2D eigenvalue weighted by atomic mass is 32.2. The van der Waals surface area contributed by atoms with Gasteiger partial charge in [-0.05, 0) is 47.9 Å². The molecular weight excluding hydrogens is 415 g/mol. The summed E-state index contributed by atoms with van der Waals surface area (Å²) in [5, 5.41) is 11.1. The van der Waals surface area contributed by atoms with Crippen LogP contribution in [0.2, 0.25) is 0 Å². The van der Waals surface area contributed by atoms with Crippen molar-refractivity contribution in [2.24, 2.45) is 5.41 Å². The van der Waals surface area contributed by atoms with Gasteiger partial charge in [0, 0.05) is 25.1 Å². The molecule has 0 spiro atoms. The van der Waals surface area contributed by atoms with Crippen LogP contribution in [-0.4, -0.2) is 37.5 Å². The Labute approximate surface area is 174 Å². The summed E-state index contributed by atoms with van der Waals surface area (Å²) in [6.45, 7) is 0.207. The van der Waals surface area contributed by atoms with Crippen molar-refractivity contribution in [2.75, 3.05) is 19.7 Å². The van der Waals surface area contributed by atoms with Gasteiger partial charge in [0.1, 0.15) is 0 Å². The van der Waals surface area contributed by atoms with Crippen LogP contribution in [0.15, 0.2) is 60.0 Å². The number of aliphatic hydroxyl groups excluding tert-OH is 1. The molecular formula is C22H24F3NO3S. The lowest BCUT2D eigenvalue weighted by molar-refractivity contribution is -0.137. The number of benzene rings is 2. The lowest BCUT2D eigenvalue weighted by Crippen LogP contribution is -2.45. The van der Waals surface area contributed by atoms with Crippen LogP contribution in [0.1, 0.15) is 29.5 Å². The molecule has 0 unspecified atom stereocenters. The SMILES string of the molecule is O=S(=O)(/C=C/c1ccccc1)N1CCC(CO)(Cc2cccc(C(F)(F)F)c2)CC1. The Bertz CT molecular complexity index is 980. The number of sulfonamides is 1. The molecule has 8 heteroatoms. The van der Waals surface area contributed by atoms with Gasteiger partial charge in [-0.15, -0.1) is 0 Å². The summed E-state index contributed by atoms with van der Waals surface area (Å²) in [6, 6.07) is 14.2. The summed E-state index contributed by atoms with van der Waals surface area (Å²) in [6.07, 6.45) is -1.88. The minimum Gasteiger partial charge on any atom is -0.396 e. The van der Waals surface area contributed by atoms with E-state index in [0.29, 0.717) is 18.4 Å².